The highest BCUT2D eigenvalue weighted by Crippen LogP contribution is 2.31. The normalized spacial score (nSPS) is 16.8. The van der Waals surface area contributed by atoms with E-state index in [1.54, 1.807) is 50.4 Å². The molecule has 1 aromatic heterocycles. The number of nitrogens with zero attached hydrogens (tertiary/aromatic N) is 2. The van der Waals surface area contributed by atoms with Crippen molar-refractivity contribution >= 4 is 23.0 Å². The molecule has 1 saturated heterocycles. The molecular formula is C24H29FN4O4. The lowest BCUT2D eigenvalue weighted by atomic mass is 10.1. The summed E-state index contributed by atoms with van der Waals surface area (Å²) in [5, 5.41) is 23.2. The predicted octanol–water partition coefficient (Wildman–Crippen LogP) is 3.12. The van der Waals surface area contributed by atoms with E-state index in [0.717, 1.165) is 25.1 Å². The number of hydrogen-bond donors (Lipinski definition) is 3. The van der Waals surface area contributed by atoms with Crippen molar-refractivity contribution in [1.82, 2.24) is 5.32 Å². The summed E-state index contributed by atoms with van der Waals surface area (Å²) in [4.78, 5) is 16.3. The van der Waals surface area contributed by atoms with Crippen molar-refractivity contribution in [3.05, 3.63) is 70.9 Å². The van der Waals surface area contributed by atoms with Crippen LogP contribution in [0.2, 0.25) is 0 Å². The first-order chi connectivity index (χ1) is 15.8. The van der Waals surface area contributed by atoms with E-state index in [0.29, 0.717) is 23.0 Å². The van der Waals surface area contributed by atoms with Gasteiger partial charge in [-0.1, -0.05) is 6.07 Å². The maximum atomic E-state index is 14.9. The molecule has 33 heavy (non-hydrogen) atoms. The highest BCUT2D eigenvalue weighted by Gasteiger charge is 2.25. The summed E-state index contributed by atoms with van der Waals surface area (Å²) in [7, 11) is 3.44. The highest BCUT2D eigenvalue weighted by molar-refractivity contribution is 6.04. The summed E-state index contributed by atoms with van der Waals surface area (Å²) in [6.07, 6.45) is 0.946. The number of amides is 1. The van der Waals surface area contributed by atoms with E-state index in [4.69, 9.17) is 4.42 Å². The number of likely N-dealkylation sites (N-methyl/N-ethyl adjacent to an activating group) is 1. The maximum absolute atomic E-state index is 14.9. The van der Waals surface area contributed by atoms with Crippen LogP contribution >= 0.6 is 0 Å². The van der Waals surface area contributed by atoms with E-state index >= 15 is 0 Å². The Morgan fingerprint density at radius 1 is 1.30 bits per heavy atom. The molecule has 1 aliphatic heterocycles. The Bertz CT molecular complexity index is 1170. The van der Waals surface area contributed by atoms with Crippen molar-refractivity contribution in [1.29, 1.82) is 0 Å². The number of carbonyl (C=O) groups excluding carboxylic acids is 1. The second-order valence-electron chi connectivity index (χ2n) is 8.24. The summed E-state index contributed by atoms with van der Waals surface area (Å²) in [5.74, 6) is -0.548. The third kappa shape index (κ3) is 4.62. The van der Waals surface area contributed by atoms with Crippen LogP contribution in [0, 0.1) is 17.9 Å². The fraction of sp³-hybridized carbons (Fsp3) is 0.292. The molecule has 1 fully saturated rings. The van der Waals surface area contributed by atoms with Crippen molar-refractivity contribution in [3.8, 4) is 11.3 Å². The molecule has 2 atom stereocenters. The fourth-order valence-corrected chi connectivity index (χ4v) is 4.11. The van der Waals surface area contributed by atoms with E-state index in [-0.39, 0.29) is 18.6 Å². The standard InChI is InChI=1S/C24H27FN4O4.H2/c1-15-4-6-18(21(12-15)29(31)32)22-8-9-23(33-22)24(30)27(3)17-5-7-20(19(25)13-17)28-11-10-16(14-28)26-2;/h4-9,12-13,16,26,29,31H,10-11,14H2,1-3H3;1H. The lowest BCUT2D eigenvalue weighted by Gasteiger charge is -2.22. The van der Waals surface area contributed by atoms with E-state index < -0.39 is 17.0 Å². The Morgan fingerprint density at radius 2 is 2.09 bits per heavy atom. The molecule has 0 bridgehead atoms. The Hall–Kier alpha value is -3.24. The monoisotopic (exact) mass is 456 g/mol. The zero-order valence-corrected chi connectivity index (χ0v) is 18.8. The molecule has 8 nitrogen and oxygen atoms in total. The molecular weight excluding hydrogens is 427 g/mol. The van der Waals surface area contributed by atoms with Crippen LogP contribution in [-0.2, 0) is 0 Å². The molecule has 0 spiro atoms. The van der Waals surface area contributed by atoms with Crippen LogP contribution < -0.4 is 20.3 Å². The van der Waals surface area contributed by atoms with Gasteiger partial charge in [-0.3, -0.25) is 4.79 Å². The summed E-state index contributed by atoms with van der Waals surface area (Å²) in [6.45, 7) is 3.30. The second kappa shape index (κ2) is 9.32. The van der Waals surface area contributed by atoms with E-state index in [1.807, 2.05) is 11.9 Å². The molecule has 1 aliphatic rings. The van der Waals surface area contributed by atoms with Gasteiger partial charge in [0.25, 0.3) is 5.91 Å². The van der Waals surface area contributed by atoms with Gasteiger partial charge in [0.05, 0.1) is 11.3 Å². The highest BCUT2D eigenvalue weighted by atomic mass is 19.1. The van der Waals surface area contributed by atoms with Crippen LogP contribution in [0.25, 0.3) is 11.3 Å². The molecule has 3 aromatic rings. The molecule has 4 rings (SSSR count). The third-order valence-electron chi connectivity index (χ3n) is 6.05. The molecule has 0 saturated carbocycles. The van der Waals surface area contributed by atoms with Gasteiger partial charge < -0.3 is 24.7 Å². The van der Waals surface area contributed by atoms with Crippen LogP contribution in [0.5, 0.6) is 0 Å². The van der Waals surface area contributed by atoms with Crippen molar-refractivity contribution in [3.63, 3.8) is 0 Å². The van der Waals surface area contributed by atoms with Gasteiger partial charge >= 0.3 is 0 Å². The summed E-state index contributed by atoms with van der Waals surface area (Å²) >= 11 is 0. The SMILES string of the molecule is CNC1CCN(c2ccc(N(C)C(=O)c3ccc(-c4ccc(C)cc4[NH+]([O-])O)o3)cc2F)C1.[HH]. The molecule has 2 heterocycles. The first-order valence-corrected chi connectivity index (χ1v) is 10.7. The van der Waals surface area contributed by atoms with Crippen molar-refractivity contribution in [2.75, 3.05) is 37.0 Å². The number of nitrogens with one attached hydrogen (secondary N) is 2. The van der Waals surface area contributed by atoms with Gasteiger partial charge in [-0.15, -0.1) is 0 Å². The van der Waals surface area contributed by atoms with Gasteiger partial charge in [-0.05, 0) is 62.4 Å². The Labute approximate surface area is 192 Å². The number of quaternary nitrogens is 1. The van der Waals surface area contributed by atoms with Crippen LogP contribution in [-0.4, -0.2) is 44.3 Å². The number of benzene rings is 2. The van der Waals surface area contributed by atoms with Gasteiger partial charge in [-0.25, -0.2) is 9.60 Å². The van der Waals surface area contributed by atoms with Crippen LogP contribution in [0.4, 0.5) is 21.5 Å². The van der Waals surface area contributed by atoms with Gasteiger partial charge in [-0.2, -0.15) is 5.23 Å². The van der Waals surface area contributed by atoms with Gasteiger partial charge in [0.15, 0.2) is 11.4 Å². The molecule has 9 heteroatoms. The van der Waals surface area contributed by atoms with Crippen LogP contribution in [0.1, 0.15) is 24.0 Å². The van der Waals surface area contributed by atoms with E-state index in [2.05, 4.69) is 5.32 Å². The summed E-state index contributed by atoms with van der Waals surface area (Å²) in [6, 6.07) is 13.1. The summed E-state index contributed by atoms with van der Waals surface area (Å²) in [5.41, 5.74) is 2.19. The topological polar surface area (TPSA) is 96.5 Å². The second-order valence-corrected chi connectivity index (χ2v) is 8.24. The minimum absolute atomic E-state index is 0. The average molecular weight is 457 g/mol. The minimum atomic E-state index is -1.08. The molecule has 0 radical (unpaired) electrons. The molecule has 176 valence electrons. The first kappa shape index (κ1) is 22.9. The Kier molecular flexibility index (Phi) is 6.48. The Balaban J connectivity index is 0.00000324. The van der Waals surface area contributed by atoms with Crippen LogP contribution in [0.3, 0.4) is 0 Å². The van der Waals surface area contributed by atoms with Gasteiger partial charge in [0, 0.05) is 39.4 Å². The summed E-state index contributed by atoms with van der Waals surface area (Å²) < 4.78 is 20.6. The zero-order chi connectivity index (χ0) is 23.7. The quantitative estimate of drug-likeness (QED) is 0.494. The third-order valence-corrected chi connectivity index (χ3v) is 6.05. The smallest absolute Gasteiger partial charge is 0.293 e. The minimum Gasteiger partial charge on any atom is -0.595 e. The molecule has 3 N–H and O–H groups in total. The van der Waals surface area contributed by atoms with Gasteiger partial charge in [0.2, 0.25) is 0 Å². The average Bonchev–Trinajstić information content (AvgIpc) is 3.48. The largest absolute Gasteiger partial charge is 0.595 e. The maximum Gasteiger partial charge on any atom is 0.293 e. The Morgan fingerprint density at radius 3 is 2.76 bits per heavy atom. The van der Waals surface area contributed by atoms with E-state index in [9.17, 15) is 19.6 Å². The lowest BCUT2D eigenvalue weighted by Crippen LogP contribution is -2.99. The van der Waals surface area contributed by atoms with E-state index in [1.165, 1.54) is 17.0 Å². The van der Waals surface area contributed by atoms with Crippen molar-refractivity contribution in [2.45, 2.75) is 19.4 Å². The number of furan rings is 1. The number of halogens is 1. The predicted molar refractivity (Wildman–Crippen MR) is 126 cm³/mol. The number of hydrogen-bond acceptors (Lipinski definition) is 6. The first-order valence-electron chi connectivity index (χ1n) is 10.7. The molecule has 2 unspecified atom stereocenters. The fourth-order valence-electron chi connectivity index (χ4n) is 4.11. The number of rotatable bonds is 6. The molecule has 0 aliphatic carbocycles. The number of carbonyl (C=O) groups is 1. The molecule has 1 amide bonds. The lowest BCUT2D eigenvalue weighted by molar-refractivity contribution is -0.991. The van der Waals surface area contributed by atoms with Gasteiger partial charge in [0.1, 0.15) is 11.6 Å². The number of anilines is 2. The zero-order valence-electron chi connectivity index (χ0n) is 18.8. The van der Waals surface area contributed by atoms with Crippen molar-refractivity contribution < 1.29 is 25.5 Å². The molecule has 2 aromatic carbocycles. The van der Waals surface area contributed by atoms with Crippen molar-refractivity contribution in [2.24, 2.45) is 0 Å². The van der Waals surface area contributed by atoms with Crippen LogP contribution in [0.15, 0.2) is 52.9 Å². The number of aryl methyl sites for hydroxylation is 1.